The van der Waals surface area contributed by atoms with Gasteiger partial charge in [0, 0.05) is 56.5 Å². The predicted molar refractivity (Wildman–Crippen MR) is 114 cm³/mol. The molecule has 150 valence electrons. The van der Waals surface area contributed by atoms with Crippen molar-refractivity contribution in [2.45, 2.75) is 11.4 Å². The Morgan fingerprint density at radius 2 is 1.82 bits per heavy atom. The van der Waals surface area contributed by atoms with Gasteiger partial charge in [-0.05, 0) is 35.9 Å². The highest BCUT2D eigenvalue weighted by Crippen LogP contribution is 2.18. The molecule has 1 aliphatic rings. The minimum absolute atomic E-state index is 0.0990. The van der Waals surface area contributed by atoms with Crippen LogP contribution in [0, 0.1) is 0 Å². The number of carbonyl (C=O) groups excluding carboxylic acids is 1. The molecule has 1 saturated heterocycles. The van der Waals surface area contributed by atoms with E-state index in [9.17, 15) is 13.2 Å². The molecule has 2 aromatic rings. The fourth-order valence-corrected chi connectivity index (χ4v) is 4.90. The minimum Gasteiger partial charge on any atom is -0.322 e. The normalized spacial score (nSPS) is 15.5. The first-order valence-electron chi connectivity index (χ1n) is 9.09. The first-order chi connectivity index (χ1) is 13.4. The third-order valence-electron chi connectivity index (χ3n) is 4.57. The quantitative estimate of drug-likeness (QED) is 0.780. The van der Waals surface area contributed by atoms with E-state index >= 15 is 0 Å². The lowest BCUT2D eigenvalue weighted by Gasteiger charge is -2.26. The summed E-state index contributed by atoms with van der Waals surface area (Å²) in [4.78, 5) is 15.1. The van der Waals surface area contributed by atoms with Gasteiger partial charge >= 0.3 is 0 Å². The van der Waals surface area contributed by atoms with Crippen molar-refractivity contribution < 1.29 is 13.2 Å². The standard InChI is InChI=1S/C20H25N3O3S2/c1-22(2)28(25,26)19-8-4-6-17(14-19)20(24)21-18-7-3-5-16(13-18)15-23-9-11-27-12-10-23/h3-8,13-14H,9-12,15H2,1-2H3,(H,21,24). The molecular formula is C20H25N3O3S2. The lowest BCUT2D eigenvalue weighted by atomic mass is 10.1. The Morgan fingerprint density at radius 1 is 1.11 bits per heavy atom. The van der Waals surface area contributed by atoms with Gasteiger partial charge in [0.05, 0.1) is 4.90 Å². The van der Waals surface area contributed by atoms with E-state index in [2.05, 4.69) is 16.3 Å². The molecule has 1 fully saturated rings. The maximum Gasteiger partial charge on any atom is 0.255 e. The first-order valence-corrected chi connectivity index (χ1v) is 11.7. The number of carbonyl (C=O) groups is 1. The van der Waals surface area contributed by atoms with Crippen LogP contribution in [0.2, 0.25) is 0 Å². The summed E-state index contributed by atoms with van der Waals surface area (Å²) >= 11 is 1.98. The molecule has 0 bridgehead atoms. The van der Waals surface area contributed by atoms with E-state index in [0.29, 0.717) is 11.3 Å². The van der Waals surface area contributed by atoms with Crippen LogP contribution in [0.25, 0.3) is 0 Å². The average molecular weight is 420 g/mol. The molecule has 0 aliphatic carbocycles. The molecule has 6 nitrogen and oxygen atoms in total. The van der Waals surface area contributed by atoms with Gasteiger partial charge in [-0.3, -0.25) is 9.69 Å². The monoisotopic (exact) mass is 419 g/mol. The van der Waals surface area contributed by atoms with Crippen LogP contribution < -0.4 is 5.32 Å². The lowest BCUT2D eigenvalue weighted by molar-refractivity contribution is 0.102. The maximum atomic E-state index is 12.6. The lowest BCUT2D eigenvalue weighted by Crippen LogP contribution is -2.31. The van der Waals surface area contributed by atoms with E-state index in [1.165, 1.54) is 26.2 Å². The van der Waals surface area contributed by atoms with Crippen LogP contribution in [0.3, 0.4) is 0 Å². The van der Waals surface area contributed by atoms with E-state index in [1.54, 1.807) is 12.1 Å². The summed E-state index contributed by atoms with van der Waals surface area (Å²) in [6.07, 6.45) is 0. The second kappa shape index (κ2) is 9.09. The molecule has 3 rings (SSSR count). The number of amides is 1. The van der Waals surface area contributed by atoms with Gasteiger partial charge in [0.25, 0.3) is 5.91 Å². The molecule has 0 saturated carbocycles. The van der Waals surface area contributed by atoms with Crippen LogP contribution in [-0.4, -0.2) is 62.2 Å². The van der Waals surface area contributed by atoms with Crippen molar-refractivity contribution in [1.82, 2.24) is 9.21 Å². The molecule has 28 heavy (non-hydrogen) atoms. The largest absolute Gasteiger partial charge is 0.322 e. The molecule has 1 amide bonds. The second-order valence-corrected chi connectivity index (χ2v) is 10.2. The Balaban J connectivity index is 1.72. The van der Waals surface area contributed by atoms with Gasteiger partial charge in [0.1, 0.15) is 0 Å². The molecule has 1 aliphatic heterocycles. The molecule has 2 aromatic carbocycles. The van der Waals surface area contributed by atoms with E-state index in [-0.39, 0.29) is 10.8 Å². The van der Waals surface area contributed by atoms with Crippen molar-refractivity contribution in [3.8, 4) is 0 Å². The maximum absolute atomic E-state index is 12.6. The number of nitrogens with one attached hydrogen (secondary N) is 1. The molecule has 1 N–H and O–H groups in total. The molecular weight excluding hydrogens is 394 g/mol. The van der Waals surface area contributed by atoms with Gasteiger partial charge in [0.15, 0.2) is 0 Å². The summed E-state index contributed by atoms with van der Waals surface area (Å²) in [6, 6.07) is 13.9. The van der Waals surface area contributed by atoms with Crippen molar-refractivity contribution in [3.63, 3.8) is 0 Å². The van der Waals surface area contributed by atoms with Crippen molar-refractivity contribution >= 4 is 33.4 Å². The Bertz CT molecular complexity index is 939. The van der Waals surface area contributed by atoms with Crippen molar-refractivity contribution in [2.24, 2.45) is 0 Å². The number of nitrogens with zero attached hydrogens (tertiary/aromatic N) is 2. The Kier molecular flexibility index (Phi) is 6.77. The highest BCUT2D eigenvalue weighted by molar-refractivity contribution is 7.99. The van der Waals surface area contributed by atoms with E-state index < -0.39 is 10.0 Å². The van der Waals surface area contributed by atoms with Crippen LogP contribution in [0.15, 0.2) is 53.4 Å². The second-order valence-electron chi connectivity index (χ2n) is 6.86. The number of sulfonamides is 1. The molecule has 0 radical (unpaired) electrons. The van der Waals surface area contributed by atoms with Gasteiger partial charge in [0.2, 0.25) is 10.0 Å². The molecule has 0 unspecified atom stereocenters. The Hall–Kier alpha value is -1.87. The van der Waals surface area contributed by atoms with Crippen LogP contribution in [0.4, 0.5) is 5.69 Å². The number of hydrogen-bond donors (Lipinski definition) is 1. The SMILES string of the molecule is CN(C)S(=O)(=O)c1cccc(C(=O)Nc2cccc(CN3CCSCC3)c2)c1. The van der Waals surface area contributed by atoms with Gasteiger partial charge in [-0.15, -0.1) is 0 Å². The topological polar surface area (TPSA) is 69.7 Å². The van der Waals surface area contributed by atoms with Gasteiger partial charge in [-0.1, -0.05) is 18.2 Å². The zero-order chi connectivity index (χ0) is 20.1. The van der Waals surface area contributed by atoms with Crippen molar-refractivity contribution in [1.29, 1.82) is 0 Å². The predicted octanol–water partition coefficient (Wildman–Crippen LogP) is 2.74. The summed E-state index contributed by atoms with van der Waals surface area (Å²) in [7, 11) is -0.649. The van der Waals surface area contributed by atoms with Crippen molar-refractivity contribution in [3.05, 3.63) is 59.7 Å². The third-order valence-corrected chi connectivity index (χ3v) is 7.32. The van der Waals surface area contributed by atoms with Crippen LogP contribution >= 0.6 is 11.8 Å². The van der Waals surface area contributed by atoms with E-state index in [4.69, 9.17) is 0 Å². The third kappa shape index (κ3) is 5.14. The summed E-state index contributed by atoms with van der Waals surface area (Å²) in [5, 5.41) is 2.87. The smallest absolute Gasteiger partial charge is 0.255 e. The fourth-order valence-electron chi connectivity index (χ4n) is 2.98. The number of hydrogen-bond acceptors (Lipinski definition) is 5. The van der Waals surface area contributed by atoms with E-state index in [1.807, 2.05) is 30.0 Å². The summed E-state index contributed by atoms with van der Waals surface area (Å²) in [5.74, 6) is 1.98. The van der Waals surface area contributed by atoms with Gasteiger partial charge in [-0.25, -0.2) is 12.7 Å². The van der Waals surface area contributed by atoms with Crippen molar-refractivity contribution in [2.75, 3.05) is 44.0 Å². The van der Waals surface area contributed by atoms with E-state index in [0.717, 1.165) is 41.0 Å². The number of benzene rings is 2. The number of rotatable bonds is 6. The Labute approximate surface area is 171 Å². The minimum atomic E-state index is -3.58. The molecule has 1 heterocycles. The Morgan fingerprint density at radius 3 is 2.54 bits per heavy atom. The molecule has 0 spiro atoms. The number of anilines is 1. The highest BCUT2D eigenvalue weighted by atomic mass is 32.2. The van der Waals surface area contributed by atoms with Crippen LogP contribution in [-0.2, 0) is 16.6 Å². The molecule has 0 atom stereocenters. The summed E-state index contributed by atoms with van der Waals surface area (Å²) in [6.45, 7) is 3.02. The fraction of sp³-hybridized carbons (Fsp3) is 0.350. The summed E-state index contributed by atoms with van der Waals surface area (Å²) < 4.78 is 25.7. The average Bonchev–Trinajstić information content (AvgIpc) is 2.69. The zero-order valence-electron chi connectivity index (χ0n) is 16.1. The zero-order valence-corrected chi connectivity index (χ0v) is 17.7. The summed E-state index contributed by atoms with van der Waals surface area (Å²) in [5.41, 5.74) is 2.16. The van der Waals surface area contributed by atoms with Crippen LogP contribution in [0.1, 0.15) is 15.9 Å². The first kappa shape index (κ1) is 20.9. The molecule has 0 aromatic heterocycles. The van der Waals surface area contributed by atoms with Gasteiger partial charge < -0.3 is 5.32 Å². The number of thioether (sulfide) groups is 1. The molecule has 8 heteroatoms. The van der Waals surface area contributed by atoms with Crippen LogP contribution in [0.5, 0.6) is 0 Å². The van der Waals surface area contributed by atoms with Gasteiger partial charge in [-0.2, -0.15) is 11.8 Å². The highest BCUT2D eigenvalue weighted by Gasteiger charge is 2.19.